The molecule has 0 aliphatic carbocycles. The van der Waals surface area contributed by atoms with Gasteiger partial charge in [0.15, 0.2) is 0 Å². The van der Waals surface area contributed by atoms with Gasteiger partial charge in [0.25, 0.3) is 0 Å². The van der Waals surface area contributed by atoms with Gasteiger partial charge in [0.05, 0.1) is 24.7 Å². The van der Waals surface area contributed by atoms with Crippen LogP contribution in [-0.4, -0.2) is 16.2 Å². The van der Waals surface area contributed by atoms with Gasteiger partial charge in [-0.05, 0) is 59.2 Å². The molecule has 0 bridgehead atoms. The Bertz CT molecular complexity index is 1460. The molecule has 5 rings (SSSR count). The van der Waals surface area contributed by atoms with E-state index in [1.165, 1.54) is 0 Å². The molecule has 4 aromatic carbocycles. The molecule has 0 spiro atoms. The Kier molecular flexibility index (Phi) is 5.29. The minimum Gasteiger partial charge on any atom is -0.497 e. The van der Waals surface area contributed by atoms with Crippen molar-refractivity contribution in [2.45, 2.75) is 6.54 Å². The largest absolute Gasteiger partial charge is 0.497 e. The van der Waals surface area contributed by atoms with Crippen molar-refractivity contribution in [2.75, 3.05) is 7.11 Å². The second-order valence-corrected chi connectivity index (χ2v) is 8.01. The fourth-order valence-corrected chi connectivity index (χ4v) is 4.25. The third-order valence-electron chi connectivity index (χ3n) is 5.70. The summed E-state index contributed by atoms with van der Waals surface area (Å²) < 4.78 is 9.32. The molecule has 158 valence electrons. The van der Waals surface area contributed by atoms with Crippen LogP contribution in [0.25, 0.3) is 27.8 Å². The van der Waals surface area contributed by atoms with Gasteiger partial charge in [-0.25, -0.2) is 0 Å². The van der Waals surface area contributed by atoms with Crippen molar-refractivity contribution in [3.63, 3.8) is 0 Å². The van der Waals surface area contributed by atoms with E-state index in [4.69, 9.17) is 21.7 Å². The molecule has 0 saturated carbocycles. The van der Waals surface area contributed by atoms with Gasteiger partial charge < -0.3 is 9.30 Å². The van der Waals surface area contributed by atoms with Gasteiger partial charge >= 0.3 is 0 Å². The SMILES string of the molecule is COc1cccc(-c2ccc(-n3c(=N)n(Cc4ccccc4Cl)c4ccccc43)cc2)c1. The fraction of sp³-hybridized carbons (Fsp3) is 0.0741. The summed E-state index contributed by atoms with van der Waals surface area (Å²) in [4.78, 5) is 0. The first-order chi connectivity index (χ1) is 15.7. The number of ether oxygens (including phenoxy) is 1. The van der Waals surface area contributed by atoms with Gasteiger partial charge in [-0.15, -0.1) is 0 Å². The lowest BCUT2D eigenvalue weighted by molar-refractivity contribution is 0.415. The van der Waals surface area contributed by atoms with E-state index in [9.17, 15) is 0 Å². The van der Waals surface area contributed by atoms with E-state index in [0.717, 1.165) is 39.2 Å². The number of nitrogens with one attached hydrogen (secondary N) is 1. The summed E-state index contributed by atoms with van der Waals surface area (Å²) in [6, 6.07) is 32.2. The molecule has 0 amide bonds. The Labute approximate surface area is 191 Å². The second kappa shape index (κ2) is 8.40. The number of hydrogen-bond acceptors (Lipinski definition) is 2. The summed E-state index contributed by atoms with van der Waals surface area (Å²) >= 11 is 6.41. The van der Waals surface area contributed by atoms with E-state index in [1.54, 1.807) is 7.11 Å². The first-order valence-corrected chi connectivity index (χ1v) is 10.8. The zero-order valence-corrected chi connectivity index (χ0v) is 18.4. The fourth-order valence-electron chi connectivity index (χ4n) is 4.05. The quantitative estimate of drug-likeness (QED) is 0.343. The topological polar surface area (TPSA) is 42.9 Å². The molecule has 0 radical (unpaired) electrons. The molecule has 0 aliphatic rings. The molecule has 0 unspecified atom stereocenters. The molecule has 0 fully saturated rings. The van der Waals surface area contributed by atoms with Crippen LogP contribution in [0.4, 0.5) is 0 Å². The average Bonchev–Trinajstić information content (AvgIpc) is 3.12. The van der Waals surface area contributed by atoms with Crippen LogP contribution in [0.5, 0.6) is 5.75 Å². The van der Waals surface area contributed by atoms with Crippen LogP contribution >= 0.6 is 11.6 Å². The van der Waals surface area contributed by atoms with Gasteiger partial charge in [-0.3, -0.25) is 9.98 Å². The summed E-state index contributed by atoms with van der Waals surface area (Å²) in [6.45, 7) is 0.536. The maximum Gasteiger partial charge on any atom is 0.208 e. The number of aromatic nitrogens is 2. The van der Waals surface area contributed by atoms with Crippen molar-refractivity contribution in [1.29, 1.82) is 5.41 Å². The highest BCUT2D eigenvalue weighted by atomic mass is 35.5. The number of rotatable bonds is 5. The van der Waals surface area contributed by atoms with Gasteiger partial charge in [-0.1, -0.05) is 66.2 Å². The predicted molar refractivity (Wildman–Crippen MR) is 130 cm³/mol. The van der Waals surface area contributed by atoms with Crippen molar-refractivity contribution in [3.05, 3.63) is 113 Å². The highest BCUT2D eigenvalue weighted by Crippen LogP contribution is 2.26. The van der Waals surface area contributed by atoms with E-state index in [0.29, 0.717) is 17.2 Å². The highest BCUT2D eigenvalue weighted by Gasteiger charge is 2.13. The van der Waals surface area contributed by atoms with E-state index in [2.05, 4.69) is 30.3 Å². The number of imidazole rings is 1. The summed E-state index contributed by atoms with van der Waals surface area (Å²) in [5.74, 6) is 0.831. The number of fused-ring (bicyclic) bond motifs is 1. The Hall–Kier alpha value is -3.76. The Morgan fingerprint density at radius 1 is 0.781 bits per heavy atom. The lowest BCUT2D eigenvalue weighted by atomic mass is 10.1. The molecule has 1 heterocycles. The number of para-hydroxylation sites is 2. The number of halogens is 1. The van der Waals surface area contributed by atoms with E-state index in [-0.39, 0.29) is 0 Å². The van der Waals surface area contributed by atoms with Crippen molar-refractivity contribution < 1.29 is 4.74 Å². The van der Waals surface area contributed by atoms with Gasteiger partial charge in [-0.2, -0.15) is 0 Å². The molecule has 4 nitrogen and oxygen atoms in total. The normalized spacial score (nSPS) is 11.1. The van der Waals surface area contributed by atoms with E-state index >= 15 is 0 Å². The van der Waals surface area contributed by atoms with Crippen molar-refractivity contribution in [1.82, 2.24) is 9.13 Å². The number of hydrogen-bond donors (Lipinski definition) is 1. The van der Waals surface area contributed by atoms with Gasteiger partial charge in [0.1, 0.15) is 5.75 Å². The molecular formula is C27H22ClN3O. The molecular weight excluding hydrogens is 418 g/mol. The maximum atomic E-state index is 8.97. The molecule has 1 N–H and O–H groups in total. The first kappa shape index (κ1) is 20.2. The minimum absolute atomic E-state index is 0.403. The minimum atomic E-state index is 0.403. The van der Waals surface area contributed by atoms with Gasteiger partial charge in [0, 0.05) is 10.7 Å². The third kappa shape index (κ3) is 3.59. The first-order valence-electron chi connectivity index (χ1n) is 10.4. The number of methoxy groups -OCH3 is 1. The summed E-state index contributed by atoms with van der Waals surface area (Å²) in [5.41, 5.74) is 6.50. The standard InChI is InChI=1S/C27H22ClN3O/c1-32-23-9-6-8-20(17-23)19-13-15-22(16-14-19)31-26-12-5-4-11-25(26)30(27(31)29)18-21-7-2-3-10-24(21)28/h2-17,29H,18H2,1H3. The molecule has 32 heavy (non-hydrogen) atoms. The Morgan fingerprint density at radius 2 is 1.50 bits per heavy atom. The maximum absolute atomic E-state index is 8.97. The monoisotopic (exact) mass is 439 g/mol. The summed E-state index contributed by atoms with van der Waals surface area (Å²) in [5, 5.41) is 9.68. The van der Waals surface area contributed by atoms with Crippen LogP contribution in [-0.2, 0) is 6.54 Å². The lowest BCUT2D eigenvalue weighted by Gasteiger charge is -2.08. The molecule has 5 heteroatoms. The van der Waals surface area contributed by atoms with Crippen LogP contribution in [0, 0.1) is 5.41 Å². The van der Waals surface area contributed by atoms with Crippen LogP contribution in [0.3, 0.4) is 0 Å². The lowest BCUT2D eigenvalue weighted by Crippen LogP contribution is -2.24. The highest BCUT2D eigenvalue weighted by molar-refractivity contribution is 6.31. The molecule has 1 aromatic heterocycles. The van der Waals surface area contributed by atoms with Crippen LogP contribution in [0.2, 0.25) is 5.02 Å². The van der Waals surface area contributed by atoms with E-state index < -0.39 is 0 Å². The molecule has 0 saturated heterocycles. The molecule has 5 aromatic rings. The third-order valence-corrected chi connectivity index (χ3v) is 6.06. The van der Waals surface area contributed by atoms with Crippen LogP contribution in [0.1, 0.15) is 5.56 Å². The molecule has 0 atom stereocenters. The van der Waals surface area contributed by atoms with Crippen molar-refractivity contribution in [2.24, 2.45) is 0 Å². The smallest absolute Gasteiger partial charge is 0.208 e. The summed E-state index contributed by atoms with van der Waals surface area (Å²) in [7, 11) is 1.67. The number of benzene rings is 4. The zero-order chi connectivity index (χ0) is 22.1. The molecule has 0 aliphatic heterocycles. The number of nitrogens with zero attached hydrogens (tertiary/aromatic N) is 2. The Morgan fingerprint density at radius 3 is 2.25 bits per heavy atom. The van der Waals surface area contributed by atoms with E-state index in [1.807, 2.05) is 75.9 Å². The van der Waals surface area contributed by atoms with Crippen molar-refractivity contribution in [3.8, 4) is 22.6 Å². The average molecular weight is 440 g/mol. The second-order valence-electron chi connectivity index (χ2n) is 7.60. The predicted octanol–water partition coefficient (Wildman–Crippen LogP) is 6.29. The zero-order valence-electron chi connectivity index (χ0n) is 17.6. The van der Waals surface area contributed by atoms with Crippen molar-refractivity contribution >= 4 is 22.6 Å². The summed E-state index contributed by atoms with van der Waals surface area (Å²) in [6.07, 6.45) is 0. The Balaban J connectivity index is 1.59. The van der Waals surface area contributed by atoms with Gasteiger partial charge in [0.2, 0.25) is 5.62 Å². The van der Waals surface area contributed by atoms with Crippen LogP contribution in [0.15, 0.2) is 97.1 Å². The van der Waals surface area contributed by atoms with Crippen LogP contribution < -0.4 is 10.4 Å².